The number of nitrogens with one attached hydrogen (secondary N) is 1. The van der Waals surface area contributed by atoms with Gasteiger partial charge in [0.1, 0.15) is 0 Å². The molecule has 2 aromatic rings. The number of carbonyl (C=O) groups excluding carboxylic acids is 1. The summed E-state index contributed by atoms with van der Waals surface area (Å²) in [5, 5.41) is 3.54. The van der Waals surface area contributed by atoms with Gasteiger partial charge in [0.25, 0.3) is 0 Å². The Kier molecular flexibility index (Phi) is 4.89. The third-order valence-corrected chi connectivity index (χ3v) is 4.98. The van der Waals surface area contributed by atoms with Crippen LogP contribution in [0.3, 0.4) is 0 Å². The van der Waals surface area contributed by atoms with E-state index in [2.05, 4.69) is 5.32 Å². The zero-order valence-electron chi connectivity index (χ0n) is 14.4. The molecule has 26 heavy (non-hydrogen) atoms. The summed E-state index contributed by atoms with van der Waals surface area (Å²) in [7, 11) is 0. The van der Waals surface area contributed by atoms with Crippen LogP contribution in [-0.2, 0) is 0 Å². The number of amides is 2. The van der Waals surface area contributed by atoms with Crippen molar-refractivity contribution in [3.63, 3.8) is 0 Å². The van der Waals surface area contributed by atoms with Crippen molar-refractivity contribution in [1.29, 1.82) is 0 Å². The first-order valence-corrected chi connectivity index (χ1v) is 9.31. The van der Waals surface area contributed by atoms with Gasteiger partial charge in [0.15, 0.2) is 11.5 Å². The third-order valence-electron chi connectivity index (χ3n) is 4.75. The number of urea groups is 1. The first-order chi connectivity index (χ1) is 12.7. The van der Waals surface area contributed by atoms with E-state index in [9.17, 15) is 4.79 Å². The molecule has 2 aliphatic heterocycles. The molecule has 2 heterocycles. The van der Waals surface area contributed by atoms with Crippen molar-refractivity contribution in [1.82, 2.24) is 4.90 Å². The van der Waals surface area contributed by atoms with Crippen LogP contribution in [0.2, 0.25) is 5.02 Å². The summed E-state index contributed by atoms with van der Waals surface area (Å²) >= 11 is 6.00. The Morgan fingerprint density at radius 3 is 2.77 bits per heavy atom. The summed E-state index contributed by atoms with van der Waals surface area (Å²) in [6, 6.07) is 13.1. The Labute approximate surface area is 157 Å². The molecule has 6 heteroatoms. The topological polar surface area (TPSA) is 50.8 Å². The molecule has 1 fully saturated rings. The lowest BCUT2D eigenvalue weighted by atomic mass is 10.0. The van der Waals surface area contributed by atoms with Crippen molar-refractivity contribution in [3.8, 4) is 11.5 Å². The number of hydrogen-bond acceptors (Lipinski definition) is 3. The molecule has 0 bridgehead atoms. The third kappa shape index (κ3) is 3.58. The zero-order chi connectivity index (χ0) is 17.9. The highest BCUT2D eigenvalue weighted by atomic mass is 35.5. The fourth-order valence-corrected chi connectivity index (χ4v) is 3.70. The molecule has 0 aromatic heterocycles. The Hall–Kier alpha value is -2.40. The van der Waals surface area contributed by atoms with Crippen LogP contribution >= 0.6 is 11.6 Å². The lowest BCUT2D eigenvalue weighted by molar-refractivity contribution is 0.207. The van der Waals surface area contributed by atoms with Gasteiger partial charge in [0.2, 0.25) is 0 Å². The highest BCUT2D eigenvalue weighted by Crippen LogP contribution is 2.38. The van der Waals surface area contributed by atoms with E-state index < -0.39 is 0 Å². The molecule has 2 aromatic carbocycles. The predicted molar refractivity (Wildman–Crippen MR) is 101 cm³/mol. The first kappa shape index (κ1) is 17.0. The lowest BCUT2D eigenvalue weighted by Crippen LogP contribution is -2.34. The van der Waals surface area contributed by atoms with Crippen LogP contribution in [0.4, 0.5) is 10.5 Å². The van der Waals surface area contributed by atoms with Gasteiger partial charge in [-0.2, -0.15) is 0 Å². The van der Waals surface area contributed by atoms with E-state index in [1.54, 1.807) is 12.1 Å². The number of halogens is 1. The van der Waals surface area contributed by atoms with Gasteiger partial charge in [0.05, 0.1) is 19.3 Å². The van der Waals surface area contributed by atoms with E-state index in [4.69, 9.17) is 21.1 Å². The van der Waals surface area contributed by atoms with Crippen molar-refractivity contribution in [2.24, 2.45) is 0 Å². The summed E-state index contributed by atoms with van der Waals surface area (Å²) in [5.41, 5.74) is 1.78. The molecule has 0 radical (unpaired) electrons. The highest BCUT2D eigenvalue weighted by molar-refractivity contribution is 6.30. The molecule has 1 unspecified atom stereocenters. The zero-order valence-corrected chi connectivity index (χ0v) is 15.2. The molecule has 136 valence electrons. The number of ether oxygens (including phenoxy) is 2. The minimum atomic E-state index is -0.109. The minimum absolute atomic E-state index is 0.0336. The molecule has 5 nitrogen and oxygen atoms in total. The second-order valence-electron chi connectivity index (χ2n) is 6.55. The molecule has 2 amide bonds. The van der Waals surface area contributed by atoms with Crippen molar-refractivity contribution < 1.29 is 14.3 Å². The average molecular weight is 373 g/mol. The molecule has 1 N–H and O–H groups in total. The fraction of sp³-hybridized carbons (Fsp3) is 0.350. The van der Waals surface area contributed by atoms with E-state index >= 15 is 0 Å². The highest BCUT2D eigenvalue weighted by Gasteiger charge is 2.31. The van der Waals surface area contributed by atoms with Gasteiger partial charge < -0.3 is 19.7 Å². The van der Waals surface area contributed by atoms with Gasteiger partial charge in [-0.25, -0.2) is 4.79 Å². The van der Waals surface area contributed by atoms with Gasteiger partial charge in [-0.1, -0.05) is 23.7 Å². The number of rotatable bonds is 2. The number of nitrogens with zero attached hydrogens (tertiary/aromatic N) is 1. The standard InChI is InChI=1S/C20H21ClN2O3/c21-15-4-1-5-16(13-15)22-20(24)23-9-2-6-17(23)14-7-8-18-19(12-14)26-11-3-10-25-18/h1,4-5,7-8,12-13,17H,2-3,6,9-11H2,(H,22,24). The average Bonchev–Trinajstić information content (AvgIpc) is 3.01. The number of anilines is 1. The smallest absolute Gasteiger partial charge is 0.322 e. The maximum absolute atomic E-state index is 12.8. The van der Waals surface area contributed by atoms with E-state index in [1.807, 2.05) is 35.2 Å². The summed E-state index contributed by atoms with van der Waals surface area (Å²) in [6.45, 7) is 2.05. The summed E-state index contributed by atoms with van der Waals surface area (Å²) in [4.78, 5) is 14.6. The minimum Gasteiger partial charge on any atom is -0.490 e. The Balaban J connectivity index is 1.53. The van der Waals surface area contributed by atoms with Gasteiger partial charge in [-0.15, -0.1) is 0 Å². The van der Waals surface area contributed by atoms with Crippen molar-refractivity contribution in [2.45, 2.75) is 25.3 Å². The van der Waals surface area contributed by atoms with Crippen LogP contribution in [0.5, 0.6) is 11.5 Å². The lowest BCUT2D eigenvalue weighted by Gasteiger charge is -2.26. The Morgan fingerprint density at radius 1 is 1.08 bits per heavy atom. The number of carbonyl (C=O) groups is 1. The molecule has 4 rings (SSSR count). The second kappa shape index (κ2) is 7.46. The van der Waals surface area contributed by atoms with E-state index in [1.165, 1.54) is 0 Å². The van der Waals surface area contributed by atoms with Gasteiger partial charge in [-0.05, 0) is 48.7 Å². The van der Waals surface area contributed by atoms with E-state index in [0.717, 1.165) is 42.9 Å². The monoisotopic (exact) mass is 372 g/mol. The molecular formula is C20H21ClN2O3. The predicted octanol–water partition coefficient (Wildman–Crippen LogP) is 4.87. The summed E-state index contributed by atoms with van der Waals surface area (Å²) in [6.07, 6.45) is 2.78. The summed E-state index contributed by atoms with van der Waals surface area (Å²) in [5.74, 6) is 1.54. The summed E-state index contributed by atoms with van der Waals surface area (Å²) < 4.78 is 11.5. The molecule has 1 saturated heterocycles. The van der Waals surface area contributed by atoms with Crippen molar-refractivity contribution >= 4 is 23.3 Å². The normalized spacial score (nSPS) is 19.1. The SMILES string of the molecule is O=C(Nc1cccc(Cl)c1)N1CCCC1c1ccc2c(c1)OCCCO2. The maximum Gasteiger partial charge on any atom is 0.322 e. The van der Waals surface area contributed by atoms with E-state index in [-0.39, 0.29) is 12.1 Å². The number of hydrogen-bond donors (Lipinski definition) is 1. The van der Waals surface area contributed by atoms with Gasteiger partial charge in [0, 0.05) is 23.7 Å². The van der Waals surface area contributed by atoms with Crippen LogP contribution in [0, 0.1) is 0 Å². The molecule has 0 saturated carbocycles. The molecule has 0 spiro atoms. The maximum atomic E-state index is 12.8. The Morgan fingerprint density at radius 2 is 1.92 bits per heavy atom. The van der Waals surface area contributed by atoms with Crippen LogP contribution in [0.15, 0.2) is 42.5 Å². The Bertz CT molecular complexity index is 811. The molecule has 1 atom stereocenters. The number of benzene rings is 2. The molecule has 0 aliphatic carbocycles. The number of fused-ring (bicyclic) bond motifs is 1. The van der Waals surface area contributed by atoms with Crippen LogP contribution < -0.4 is 14.8 Å². The van der Waals surface area contributed by atoms with Crippen LogP contribution in [0.25, 0.3) is 0 Å². The van der Waals surface area contributed by atoms with Crippen LogP contribution in [0.1, 0.15) is 30.9 Å². The van der Waals surface area contributed by atoms with Crippen molar-refractivity contribution in [2.75, 3.05) is 25.1 Å². The van der Waals surface area contributed by atoms with Crippen LogP contribution in [-0.4, -0.2) is 30.7 Å². The molecule has 2 aliphatic rings. The second-order valence-corrected chi connectivity index (χ2v) is 6.99. The fourth-order valence-electron chi connectivity index (χ4n) is 3.51. The van der Waals surface area contributed by atoms with Gasteiger partial charge >= 0.3 is 6.03 Å². The largest absolute Gasteiger partial charge is 0.490 e. The number of likely N-dealkylation sites (tertiary alicyclic amines) is 1. The van der Waals surface area contributed by atoms with Gasteiger partial charge in [-0.3, -0.25) is 0 Å². The van der Waals surface area contributed by atoms with E-state index in [0.29, 0.717) is 23.9 Å². The first-order valence-electron chi connectivity index (χ1n) is 8.93. The van der Waals surface area contributed by atoms with Crippen molar-refractivity contribution in [3.05, 3.63) is 53.1 Å². The molecular weight excluding hydrogens is 352 g/mol. The quantitative estimate of drug-likeness (QED) is 0.818.